The van der Waals surface area contributed by atoms with E-state index >= 15 is 0 Å². The van der Waals surface area contributed by atoms with E-state index in [1.54, 1.807) is 11.7 Å². The van der Waals surface area contributed by atoms with Crippen molar-refractivity contribution in [3.63, 3.8) is 0 Å². The van der Waals surface area contributed by atoms with Gasteiger partial charge in [0, 0.05) is 19.4 Å². The van der Waals surface area contributed by atoms with Crippen LogP contribution in [0.3, 0.4) is 0 Å². The number of hydrogen-bond acceptors (Lipinski definition) is 4. The second kappa shape index (κ2) is 11.1. The number of nitrogens with zero attached hydrogens (tertiary/aromatic N) is 4. The van der Waals surface area contributed by atoms with Gasteiger partial charge in [0.2, 0.25) is 0 Å². The van der Waals surface area contributed by atoms with Gasteiger partial charge in [-0.3, -0.25) is 19.4 Å². The third kappa shape index (κ3) is 6.13. The summed E-state index contributed by atoms with van der Waals surface area (Å²) >= 11 is 6.50. The lowest BCUT2D eigenvalue weighted by Gasteiger charge is -2.36. The highest BCUT2D eigenvalue weighted by molar-refractivity contribution is 6.31. The summed E-state index contributed by atoms with van der Waals surface area (Å²) in [6, 6.07) is 9.22. The van der Waals surface area contributed by atoms with Crippen LogP contribution in [0.2, 0.25) is 5.02 Å². The van der Waals surface area contributed by atoms with E-state index in [1.807, 2.05) is 19.3 Å². The number of piperidine rings is 1. The van der Waals surface area contributed by atoms with Crippen LogP contribution in [0.1, 0.15) is 49.9 Å². The molecule has 0 amide bonds. The van der Waals surface area contributed by atoms with Gasteiger partial charge in [-0.25, -0.2) is 4.68 Å². The minimum Gasteiger partial charge on any atom is -0.406 e. The van der Waals surface area contributed by atoms with Gasteiger partial charge in [-0.15, -0.1) is 13.2 Å². The second-order valence-electron chi connectivity index (χ2n) is 9.28. The molecular formula is C26H30ClF3N4O2. The first-order valence-corrected chi connectivity index (χ1v) is 12.5. The summed E-state index contributed by atoms with van der Waals surface area (Å²) in [5.74, 6) is 0.327. The molecule has 1 atom stereocenters. The Labute approximate surface area is 213 Å². The van der Waals surface area contributed by atoms with Gasteiger partial charge in [0.05, 0.1) is 17.4 Å². The van der Waals surface area contributed by atoms with Crippen molar-refractivity contribution < 1.29 is 17.9 Å². The Bertz CT molecular complexity index is 1200. The number of hydrogen-bond donors (Lipinski definition) is 0. The van der Waals surface area contributed by atoms with Gasteiger partial charge in [0.15, 0.2) is 0 Å². The molecule has 0 bridgehead atoms. The molecule has 194 valence electrons. The molecule has 0 saturated carbocycles. The fourth-order valence-corrected chi connectivity index (χ4v) is 5.43. The van der Waals surface area contributed by atoms with Gasteiger partial charge in [-0.1, -0.05) is 18.0 Å². The highest BCUT2D eigenvalue weighted by Gasteiger charge is 2.31. The van der Waals surface area contributed by atoms with Crippen molar-refractivity contribution in [3.05, 3.63) is 75.4 Å². The molecule has 1 unspecified atom stereocenters. The molecule has 0 spiro atoms. The molecule has 1 aliphatic heterocycles. The van der Waals surface area contributed by atoms with Crippen LogP contribution in [0, 0.1) is 5.92 Å². The van der Waals surface area contributed by atoms with Crippen LogP contribution < -0.4 is 10.3 Å². The number of aromatic nitrogens is 3. The quantitative estimate of drug-likeness (QED) is 0.368. The van der Waals surface area contributed by atoms with E-state index < -0.39 is 11.9 Å². The van der Waals surface area contributed by atoms with Crippen LogP contribution in [0.5, 0.6) is 5.75 Å². The third-order valence-corrected chi connectivity index (χ3v) is 7.34. The predicted molar refractivity (Wildman–Crippen MR) is 133 cm³/mol. The highest BCUT2D eigenvalue weighted by Crippen LogP contribution is 2.32. The Morgan fingerprint density at radius 1 is 1.11 bits per heavy atom. The van der Waals surface area contributed by atoms with Crippen LogP contribution in [-0.2, 0) is 13.5 Å². The van der Waals surface area contributed by atoms with Crippen LogP contribution in [0.25, 0.3) is 5.69 Å². The summed E-state index contributed by atoms with van der Waals surface area (Å²) in [7, 11) is 1.74. The fraction of sp³-hybridized carbons (Fsp3) is 0.462. The average molecular weight is 523 g/mol. The lowest BCUT2D eigenvalue weighted by Crippen LogP contribution is -2.36. The van der Waals surface area contributed by atoms with Gasteiger partial charge in [0.1, 0.15) is 10.8 Å². The maximum Gasteiger partial charge on any atom is 0.573 e. The van der Waals surface area contributed by atoms with Crippen molar-refractivity contribution in [1.82, 2.24) is 19.2 Å². The second-order valence-corrected chi connectivity index (χ2v) is 9.66. The van der Waals surface area contributed by atoms with Crippen LogP contribution in [0.4, 0.5) is 13.2 Å². The maximum absolute atomic E-state index is 13.0. The summed E-state index contributed by atoms with van der Waals surface area (Å²) < 4.78 is 44.4. The molecule has 6 nitrogen and oxygen atoms in total. The summed E-state index contributed by atoms with van der Waals surface area (Å²) in [6.45, 7) is 3.87. The molecular weight excluding hydrogens is 493 g/mol. The molecule has 2 aromatic heterocycles. The van der Waals surface area contributed by atoms with Gasteiger partial charge in [-0.2, -0.15) is 0 Å². The smallest absolute Gasteiger partial charge is 0.406 e. The number of alkyl halides is 3. The lowest BCUT2D eigenvalue weighted by molar-refractivity contribution is -0.274. The van der Waals surface area contributed by atoms with Gasteiger partial charge >= 0.3 is 6.36 Å². The SMILES string of the molecule is CC(c1c(Cl)c(=O)n(-c2ccc(OC(F)(F)F)cc2)n1C)N1CCC(CCCc2ccncc2)CC1. The Balaban J connectivity index is 1.40. The molecule has 0 aliphatic carbocycles. The molecule has 36 heavy (non-hydrogen) atoms. The summed E-state index contributed by atoms with van der Waals surface area (Å²) in [5, 5.41) is 0.125. The van der Waals surface area contributed by atoms with Gasteiger partial charge in [0.25, 0.3) is 5.56 Å². The van der Waals surface area contributed by atoms with E-state index in [0.717, 1.165) is 38.8 Å². The maximum atomic E-state index is 13.0. The molecule has 1 saturated heterocycles. The molecule has 10 heteroatoms. The van der Waals surface area contributed by atoms with E-state index in [2.05, 4.69) is 26.8 Å². The zero-order valence-corrected chi connectivity index (χ0v) is 21.1. The van der Waals surface area contributed by atoms with Crippen molar-refractivity contribution in [2.24, 2.45) is 13.0 Å². The van der Waals surface area contributed by atoms with Crippen molar-refractivity contribution in [3.8, 4) is 11.4 Å². The zero-order chi connectivity index (χ0) is 25.9. The molecule has 0 N–H and O–H groups in total. The number of benzene rings is 1. The van der Waals surface area contributed by atoms with Crippen LogP contribution >= 0.6 is 11.6 Å². The van der Waals surface area contributed by atoms with Crippen LogP contribution in [-0.4, -0.2) is 38.7 Å². The number of aryl methyl sites for hydroxylation is 1. The molecule has 3 heterocycles. The van der Waals surface area contributed by atoms with E-state index in [4.69, 9.17) is 11.6 Å². The minimum absolute atomic E-state index is 0.0814. The summed E-state index contributed by atoms with van der Waals surface area (Å²) in [5.41, 5.74) is 2.01. The molecule has 3 aromatic rings. The molecule has 1 aliphatic rings. The van der Waals surface area contributed by atoms with Crippen LogP contribution in [0.15, 0.2) is 53.6 Å². The molecule has 0 radical (unpaired) electrons. The van der Waals surface area contributed by atoms with Crippen molar-refractivity contribution in [2.45, 2.75) is 51.4 Å². The lowest BCUT2D eigenvalue weighted by atomic mass is 9.90. The first-order chi connectivity index (χ1) is 17.1. The Morgan fingerprint density at radius 2 is 1.75 bits per heavy atom. The molecule has 1 aromatic carbocycles. The van der Waals surface area contributed by atoms with Crippen molar-refractivity contribution in [2.75, 3.05) is 13.1 Å². The van der Waals surface area contributed by atoms with E-state index in [9.17, 15) is 18.0 Å². The highest BCUT2D eigenvalue weighted by atomic mass is 35.5. The predicted octanol–water partition coefficient (Wildman–Crippen LogP) is 5.92. The summed E-state index contributed by atoms with van der Waals surface area (Å²) in [4.78, 5) is 19.4. The molecule has 4 rings (SSSR count). The standard InChI is InChI=1S/C26H30ClF3N4O2/c1-18(33-16-12-20(13-17-33)5-3-4-19-10-14-31-15-11-19)24-23(27)25(35)34(32(24)2)21-6-8-22(9-7-21)36-26(28,29)30/h6-11,14-15,18,20H,3-5,12-13,16-17H2,1-2H3. The normalized spacial score (nSPS) is 16.3. The largest absolute Gasteiger partial charge is 0.573 e. The number of rotatable bonds is 8. The topological polar surface area (TPSA) is 52.3 Å². The minimum atomic E-state index is -4.78. The first kappa shape index (κ1) is 26.3. The third-order valence-electron chi connectivity index (χ3n) is 6.99. The number of likely N-dealkylation sites (tertiary alicyclic amines) is 1. The number of pyridine rings is 1. The fourth-order valence-electron chi connectivity index (χ4n) is 5.07. The van der Waals surface area contributed by atoms with E-state index in [-0.39, 0.29) is 16.8 Å². The Hall–Kier alpha value is -2.78. The first-order valence-electron chi connectivity index (χ1n) is 12.1. The average Bonchev–Trinajstić information content (AvgIpc) is 3.07. The number of ether oxygens (including phenoxy) is 1. The van der Waals surface area contributed by atoms with E-state index in [1.165, 1.54) is 40.9 Å². The summed E-state index contributed by atoms with van der Waals surface area (Å²) in [6.07, 6.45) is 4.47. The van der Waals surface area contributed by atoms with Crippen molar-refractivity contribution >= 4 is 11.6 Å². The monoisotopic (exact) mass is 522 g/mol. The molecule has 1 fully saturated rings. The van der Waals surface area contributed by atoms with Gasteiger partial charge < -0.3 is 4.74 Å². The van der Waals surface area contributed by atoms with Crippen molar-refractivity contribution in [1.29, 1.82) is 0 Å². The van der Waals surface area contributed by atoms with Gasteiger partial charge in [-0.05, 0) is 93.6 Å². The van der Waals surface area contributed by atoms with E-state index in [0.29, 0.717) is 17.3 Å². The zero-order valence-electron chi connectivity index (χ0n) is 20.3. The Kier molecular flexibility index (Phi) is 8.10. The Morgan fingerprint density at radius 3 is 2.36 bits per heavy atom. The number of halogens is 4.